The summed E-state index contributed by atoms with van der Waals surface area (Å²) in [5, 5.41) is 0.147. The van der Waals surface area contributed by atoms with E-state index in [0.29, 0.717) is 5.41 Å². The van der Waals surface area contributed by atoms with Gasteiger partial charge in [0.25, 0.3) is 0 Å². The van der Waals surface area contributed by atoms with Crippen LogP contribution in [0.2, 0.25) is 5.31 Å². The molecule has 0 N–H and O–H groups in total. The Kier molecular flexibility index (Phi) is 4.19. The Morgan fingerprint density at radius 1 is 1.00 bits per heavy atom. The maximum Gasteiger partial charge on any atom is 0.0754 e. The molecule has 0 bridgehead atoms. The Labute approximate surface area is 116 Å². The third-order valence-corrected chi connectivity index (χ3v) is 6.50. The van der Waals surface area contributed by atoms with E-state index in [9.17, 15) is 0 Å². The highest BCUT2D eigenvalue weighted by molar-refractivity contribution is 6.16. The third-order valence-electron chi connectivity index (χ3n) is 6.50. The minimum atomic E-state index is 0.147. The Morgan fingerprint density at radius 2 is 1.61 bits per heavy atom. The summed E-state index contributed by atoms with van der Waals surface area (Å²) in [4.78, 5) is 0. The van der Waals surface area contributed by atoms with Gasteiger partial charge in [-0.2, -0.15) is 0 Å². The first kappa shape index (κ1) is 14.5. The molecule has 2 aliphatic rings. The average molecular weight is 246 g/mol. The summed E-state index contributed by atoms with van der Waals surface area (Å²) in [6.07, 6.45) is 11.0. The van der Waals surface area contributed by atoms with Crippen LogP contribution in [0, 0.1) is 23.2 Å². The molecule has 2 aliphatic carbocycles. The van der Waals surface area contributed by atoms with Gasteiger partial charge in [0.2, 0.25) is 0 Å². The molecule has 0 amide bonds. The molecule has 0 aromatic carbocycles. The zero-order valence-electron chi connectivity index (χ0n) is 13.0. The van der Waals surface area contributed by atoms with Crippen LogP contribution in [0.25, 0.3) is 0 Å². The quantitative estimate of drug-likeness (QED) is 0.587. The Morgan fingerprint density at radius 3 is 2.17 bits per heavy atom. The standard InChI is InChI=1S/C17H31B/c1-13(2)16(3,4)15-11-8-12-17(15,18)14-9-6-5-7-10-14/h13-15H,5-12H2,1-4H3. The second-order valence-corrected chi connectivity index (χ2v) is 7.87. The van der Waals surface area contributed by atoms with Crippen molar-refractivity contribution >= 4 is 7.85 Å². The van der Waals surface area contributed by atoms with Crippen molar-refractivity contribution < 1.29 is 0 Å². The second-order valence-electron chi connectivity index (χ2n) is 7.87. The second kappa shape index (κ2) is 5.21. The van der Waals surface area contributed by atoms with Crippen molar-refractivity contribution in [2.75, 3.05) is 0 Å². The number of hydrogen-bond donors (Lipinski definition) is 0. The summed E-state index contributed by atoms with van der Waals surface area (Å²) >= 11 is 0. The van der Waals surface area contributed by atoms with E-state index in [-0.39, 0.29) is 5.31 Å². The van der Waals surface area contributed by atoms with Gasteiger partial charge in [0.1, 0.15) is 0 Å². The smallest absolute Gasteiger partial charge is 0.0623 e. The monoisotopic (exact) mass is 246 g/mol. The van der Waals surface area contributed by atoms with Gasteiger partial charge in [-0.25, -0.2) is 0 Å². The predicted octanol–water partition coefficient (Wildman–Crippen LogP) is 5.38. The largest absolute Gasteiger partial charge is 0.0754 e. The first-order chi connectivity index (χ1) is 8.39. The lowest BCUT2D eigenvalue weighted by Crippen LogP contribution is -2.40. The van der Waals surface area contributed by atoms with E-state index in [2.05, 4.69) is 27.7 Å². The van der Waals surface area contributed by atoms with E-state index in [1.807, 2.05) is 0 Å². The van der Waals surface area contributed by atoms with Crippen molar-refractivity contribution in [2.45, 2.75) is 84.4 Å². The van der Waals surface area contributed by atoms with Crippen molar-refractivity contribution in [1.82, 2.24) is 0 Å². The van der Waals surface area contributed by atoms with Crippen molar-refractivity contribution in [1.29, 1.82) is 0 Å². The van der Waals surface area contributed by atoms with Crippen LogP contribution in [0.4, 0.5) is 0 Å². The molecule has 0 aromatic heterocycles. The number of rotatable bonds is 3. The summed E-state index contributed by atoms with van der Waals surface area (Å²) in [6.45, 7) is 9.66. The van der Waals surface area contributed by atoms with Gasteiger partial charge in [0.15, 0.2) is 0 Å². The molecule has 2 rings (SSSR count). The van der Waals surface area contributed by atoms with E-state index < -0.39 is 0 Å². The van der Waals surface area contributed by atoms with Crippen LogP contribution < -0.4 is 0 Å². The molecule has 2 saturated carbocycles. The molecule has 0 saturated heterocycles. The molecule has 2 unspecified atom stereocenters. The number of hydrogen-bond acceptors (Lipinski definition) is 0. The van der Waals surface area contributed by atoms with Crippen molar-refractivity contribution in [3.8, 4) is 0 Å². The zero-order valence-corrected chi connectivity index (χ0v) is 13.0. The fourth-order valence-electron chi connectivity index (χ4n) is 4.65. The van der Waals surface area contributed by atoms with Crippen LogP contribution in [-0.2, 0) is 0 Å². The molecular weight excluding hydrogens is 215 g/mol. The summed E-state index contributed by atoms with van der Waals surface area (Å²) in [6, 6.07) is 0. The third kappa shape index (κ3) is 2.39. The minimum Gasteiger partial charge on any atom is -0.0623 e. The SMILES string of the molecule is [B]C1(C2CCCCC2)CCCC1C(C)(C)C(C)C. The van der Waals surface area contributed by atoms with Gasteiger partial charge in [-0.3, -0.25) is 0 Å². The van der Waals surface area contributed by atoms with E-state index >= 15 is 0 Å². The van der Waals surface area contributed by atoms with Gasteiger partial charge in [-0.05, 0) is 23.2 Å². The van der Waals surface area contributed by atoms with Crippen molar-refractivity contribution in [2.24, 2.45) is 23.2 Å². The van der Waals surface area contributed by atoms with Crippen LogP contribution in [-0.4, -0.2) is 7.85 Å². The fraction of sp³-hybridized carbons (Fsp3) is 1.00. The molecule has 18 heavy (non-hydrogen) atoms. The van der Waals surface area contributed by atoms with E-state index in [0.717, 1.165) is 17.8 Å². The lowest BCUT2D eigenvalue weighted by molar-refractivity contribution is 0.0757. The van der Waals surface area contributed by atoms with Crippen LogP contribution >= 0.6 is 0 Å². The van der Waals surface area contributed by atoms with Crippen molar-refractivity contribution in [3.63, 3.8) is 0 Å². The van der Waals surface area contributed by atoms with Gasteiger partial charge >= 0.3 is 0 Å². The molecule has 2 atom stereocenters. The van der Waals surface area contributed by atoms with Crippen LogP contribution in [0.5, 0.6) is 0 Å². The van der Waals surface area contributed by atoms with Gasteiger partial charge in [0.05, 0.1) is 7.85 Å². The zero-order chi connectivity index (χ0) is 13.4. The molecule has 0 nitrogen and oxygen atoms in total. The van der Waals surface area contributed by atoms with Gasteiger partial charge in [-0.1, -0.05) is 84.4 Å². The first-order valence-electron chi connectivity index (χ1n) is 8.18. The van der Waals surface area contributed by atoms with Gasteiger partial charge in [0, 0.05) is 0 Å². The summed E-state index contributed by atoms with van der Waals surface area (Å²) in [7, 11) is 7.00. The molecule has 0 aliphatic heterocycles. The van der Waals surface area contributed by atoms with Gasteiger partial charge in [-0.15, -0.1) is 0 Å². The molecule has 1 heteroatoms. The first-order valence-corrected chi connectivity index (χ1v) is 8.18. The topological polar surface area (TPSA) is 0 Å². The van der Waals surface area contributed by atoms with E-state index in [1.54, 1.807) is 0 Å². The van der Waals surface area contributed by atoms with E-state index in [1.165, 1.54) is 51.4 Å². The highest BCUT2D eigenvalue weighted by Gasteiger charge is 2.50. The molecule has 2 fully saturated rings. The van der Waals surface area contributed by atoms with Crippen LogP contribution in [0.1, 0.15) is 79.1 Å². The lowest BCUT2D eigenvalue weighted by Gasteiger charge is -2.50. The van der Waals surface area contributed by atoms with Crippen LogP contribution in [0.3, 0.4) is 0 Å². The van der Waals surface area contributed by atoms with Gasteiger partial charge < -0.3 is 0 Å². The lowest BCUT2D eigenvalue weighted by atomic mass is 9.46. The van der Waals surface area contributed by atoms with Crippen molar-refractivity contribution in [3.05, 3.63) is 0 Å². The fourth-order valence-corrected chi connectivity index (χ4v) is 4.65. The molecule has 2 radical (unpaired) electrons. The predicted molar refractivity (Wildman–Crippen MR) is 81.0 cm³/mol. The molecule has 102 valence electrons. The molecule has 0 aromatic rings. The highest BCUT2D eigenvalue weighted by atomic mass is 14.5. The molecular formula is C17H31B. The highest BCUT2D eigenvalue weighted by Crippen LogP contribution is 2.63. The summed E-state index contributed by atoms with van der Waals surface area (Å²) < 4.78 is 0. The maximum absolute atomic E-state index is 7.00. The van der Waals surface area contributed by atoms with E-state index in [4.69, 9.17) is 7.85 Å². The normalized spacial score (nSPS) is 35.3. The molecule has 0 heterocycles. The molecule has 0 spiro atoms. The Bertz CT molecular complexity index is 275. The minimum absolute atomic E-state index is 0.147. The average Bonchev–Trinajstić information content (AvgIpc) is 2.74. The Hall–Kier alpha value is 0.0649. The summed E-state index contributed by atoms with van der Waals surface area (Å²) in [5.41, 5.74) is 0.392. The summed E-state index contributed by atoms with van der Waals surface area (Å²) in [5.74, 6) is 2.26. The maximum atomic E-state index is 7.00. The van der Waals surface area contributed by atoms with Crippen LogP contribution in [0.15, 0.2) is 0 Å². The Balaban J connectivity index is 2.19.